The van der Waals surface area contributed by atoms with Gasteiger partial charge < -0.3 is 4.74 Å². The quantitative estimate of drug-likeness (QED) is 0.475. The first kappa shape index (κ1) is 12.5. The summed E-state index contributed by atoms with van der Waals surface area (Å²) in [7, 11) is 0. The van der Waals surface area contributed by atoms with Crippen molar-refractivity contribution in [2.24, 2.45) is 5.41 Å². The van der Waals surface area contributed by atoms with E-state index in [1.807, 2.05) is 13.8 Å². The molecule has 0 aromatic carbocycles. The van der Waals surface area contributed by atoms with Crippen LogP contribution >= 0.6 is 0 Å². The highest BCUT2D eigenvalue weighted by Gasteiger charge is 2.35. The van der Waals surface area contributed by atoms with E-state index in [9.17, 15) is 4.79 Å². The number of carbonyl (C=O) groups is 1. The minimum atomic E-state index is -0.0392. The van der Waals surface area contributed by atoms with Crippen LogP contribution in [-0.4, -0.2) is 12.1 Å². The number of hydrogen-bond donors (Lipinski definition) is 0. The van der Waals surface area contributed by atoms with E-state index in [1.54, 1.807) is 0 Å². The maximum atomic E-state index is 11.2. The van der Waals surface area contributed by atoms with Crippen molar-refractivity contribution in [3.63, 3.8) is 0 Å². The van der Waals surface area contributed by atoms with Crippen molar-refractivity contribution in [3.8, 4) is 0 Å². The fourth-order valence-electron chi connectivity index (χ4n) is 1.78. The highest BCUT2D eigenvalue weighted by molar-refractivity contribution is 5.69. The molecule has 0 N–H and O–H groups in total. The third kappa shape index (κ3) is 5.81. The van der Waals surface area contributed by atoms with Gasteiger partial charge in [0, 0.05) is 6.42 Å². The number of hydrogen-bond acceptors (Lipinski definition) is 2. The van der Waals surface area contributed by atoms with Crippen molar-refractivity contribution >= 4 is 5.97 Å². The van der Waals surface area contributed by atoms with Crippen molar-refractivity contribution in [3.05, 3.63) is 0 Å². The molecule has 0 amide bonds. The average Bonchev–Trinajstić information content (AvgIpc) is 2.82. The molecule has 0 bridgehead atoms. The standard InChI is InChI=1S/C13H24O2/c1-11(2)15-12(14)7-5-4-6-8-13(3)9-10-13/h11H,4-10H2,1-3H3. The van der Waals surface area contributed by atoms with Gasteiger partial charge in [0.1, 0.15) is 0 Å². The normalized spacial score (nSPS) is 17.9. The summed E-state index contributed by atoms with van der Waals surface area (Å²) in [5.74, 6) is -0.0392. The molecule has 1 fully saturated rings. The van der Waals surface area contributed by atoms with Gasteiger partial charge in [-0.2, -0.15) is 0 Å². The molecule has 1 saturated carbocycles. The topological polar surface area (TPSA) is 26.3 Å². The molecule has 1 rings (SSSR count). The van der Waals surface area contributed by atoms with Crippen LogP contribution in [0, 0.1) is 5.41 Å². The SMILES string of the molecule is CC(C)OC(=O)CCCCCC1(C)CC1. The summed E-state index contributed by atoms with van der Waals surface area (Å²) >= 11 is 0. The number of esters is 1. The van der Waals surface area contributed by atoms with Crippen molar-refractivity contribution in [1.29, 1.82) is 0 Å². The Hall–Kier alpha value is -0.530. The number of unbranched alkanes of at least 4 members (excludes halogenated alkanes) is 2. The van der Waals surface area contributed by atoms with Gasteiger partial charge in [0.05, 0.1) is 6.10 Å². The lowest BCUT2D eigenvalue weighted by atomic mass is 10.0. The van der Waals surface area contributed by atoms with Gasteiger partial charge in [-0.05, 0) is 44.9 Å². The van der Waals surface area contributed by atoms with E-state index < -0.39 is 0 Å². The highest BCUT2D eigenvalue weighted by atomic mass is 16.5. The lowest BCUT2D eigenvalue weighted by Crippen LogP contribution is -2.10. The molecule has 0 aromatic heterocycles. The van der Waals surface area contributed by atoms with Gasteiger partial charge in [-0.15, -0.1) is 0 Å². The monoisotopic (exact) mass is 212 g/mol. The fourth-order valence-corrected chi connectivity index (χ4v) is 1.78. The van der Waals surface area contributed by atoms with E-state index in [0.717, 1.165) is 6.42 Å². The molecule has 0 unspecified atom stereocenters. The predicted octanol–water partition coefficient (Wildman–Crippen LogP) is 3.69. The smallest absolute Gasteiger partial charge is 0.306 e. The number of rotatable bonds is 7. The summed E-state index contributed by atoms with van der Waals surface area (Å²) in [6.07, 6.45) is 8.20. The first-order valence-corrected chi connectivity index (χ1v) is 6.21. The van der Waals surface area contributed by atoms with Gasteiger partial charge in [0.15, 0.2) is 0 Å². The van der Waals surface area contributed by atoms with Gasteiger partial charge >= 0.3 is 5.97 Å². The lowest BCUT2D eigenvalue weighted by molar-refractivity contribution is -0.147. The molecule has 1 aliphatic rings. The zero-order chi connectivity index (χ0) is 11.3. The van der Waals surface area contributed by atoms with Crippen molar-refractivity contribution in [1.82, 2.24) is 0 Å². The molecule has 2 heteroatoms. The van der Waals surface area contributed by atoms with Gasteiger partial charge in [-0.1, -0.05) is 19.8 Å². The van der Waals surface area contributed by atoms with E-state index in [4.69, 9.17) is 4.74 Å². The molecule has 0 heterocycles. The molecule has 88 valence electrons. The predicted molar refractivity (Wildman–Crippen MR) is 61.7 cm³/mol. The lowest BCUT2D eigenvalue weighted by Gasteiger charge is -2.08. The van der Waals surface area contributed by atoms with Gasteiger partial charge in [-0.3, -0.25) is 4.79 Å². The van der Waals surface area contributed by atoms with Crippen LogP contribution in [-0.2, 0) is 9.53 Å². The second kappa shape index (κ2) is 5.53. The fraction of sp³-hybridized carbons (Fsp3) is 0.923. The molecule has 0 radical (unpaired) electrons. The van der Waals surface area contributed by atoms with Crippen LogP contribution in [0.4, 0.5) is 0 Å². The van der Waals surface area contributed by atoms with E-state index >= 15 is 0 Å². The third-order valence-corrected chi connectivity index (χ3v) is 3.13. The molecular weight excluding hydrogens is 188 g/mol. The summed E-state index contributed by atoms with van der Waals surface area (Å²) in [5.41, 5.74) is 0.665. The van der Waals surface area contributed by atoms with Crippen LogP contribution in [0.15, 0.2) is 0 Å². The van der Waals surface area contributed by atoms with Crippen LogP contribution in [0.25, 0.3) is 0 Å². The molecule has 0 saturated heterocycles. The van der Waals surface area contributed by atoms with Crippen LogP contribution in [0.3, 0.4) is 0 Å². The maximum absolute atomic E-state index is 11.2. The second-order valence-electron chi connectivity index (χ2n) is 5.41. The molecule has 1 aliphatic carbocycles. The second-order valence-corrected chi connectivity index (χ2v) is 5.41. The molecule has 0 aliphatic heterocycles. The zero-order valence-corrected chi connectivity index (χ0v) is 10.3. The Kier molecular flexibility index (Phi) is 4.62. The summed E-state index contributed by atoms with van der Waals surface area (Å²) in [5, 5.41) is 0. The molecule has 0 aromatic rings. The largest absolute Gasteiger partial charge is 0.463 e. The summed E-state index contributed by atoms with van der Waals surface area (Å²) < 4.78 is 5.07. The van der Waals surface area contributed by atoms with Gasteiger partial charge in [-0.25, -0.2) is 0 Å². The first-order valence-electron chi connectivity index (χ1n) is 6.21. The Morgan fingerprint density at radius 2 is 1.93 bits per heavy atom. The van der Waals surface area contributed by atoms with Gasteiger partial charge in [0.2, 0.25) is 0 Å². The van der Waals surface area contributed by atoms with Crippen LogP contribution < -0.4 is 0 Å². The highest BCUT2D eigenvalue weighted by Crippen LogP contribution is 2.49. The number of carbonyl (C=O) groups excluding carboxylic acids is 1. The van der Waals surface area contributed by atoms with Crippen LogP contribution in [0.5, 0.6) is 0 Å². The van der Waals surface area contributed by atoms with Crippen LogP contribution in [0.1, 0.15) is 65.7 Å². The minimum Gasteiger partial charge on any atom is -0.463 e. The van der Waals surface area contributed by atoms with Gasteiger partial charge in [0.25, 0.3) is 0 Å². The summed E-state index contributed by atoms with van der Waals surface area (Å²) in [6, 6.07) is 0. The minimum absolute atomic E-state index is 0.0304. The Bertz CT molecular complexity index is 205. The van der Waals surface area contributed by atoms with Crippen molar-refractivity contribution in [2.45, 2.75) is 71.8 Å². The van der Waals surface area contributed by atoms with Crippen molar-refractivity contribution in [2.75, 3.05) is 0 Å². The number of ether oxygens (including phenoxy) is 1. The molecule has 2 nitrogen and oxygen atoms in total. The molecule has 15 heavy (non-hydrogen) atoms. The van der Waals surface area contributed by atoms with E-state index in [-0.39, 0.29) is 12.1 Å². The third-order valence-electron chi connectivity index (χ3n) is 3.13. The molecule has 0 spiro atoms. The molecular formula is C13H24O2. The van der Waals surface area contributed by atoms with E-state index in [1.165, 1.54) is 32.1 Å². The average molecular weight is 212 g/mol. The van der Waals surface area contributed by atoms with Crippen molar-refractivity contribution < 1.29 is 9.53 Å². The van der Waals surface area contributed by atoms with E-state index in [2.05, 4.69) is 6.92 Å². The Balaban J connectivity index is 1.90. The first-order chi connectivity index (χ1) is 7.02. The maximum Gasteiger partial charge on any atom is 0.306 e. The molecule has 0 atom stereocenters. The summed E-state index contributed by atoms with van der Waals surface area (Å²) in [6.45, 7) is 6.15. The van der Waals surface area contributed by atoms with E-state index in [0.29, 0.717) is 11.8 Å². The Morgan fingerprint density at radius 3 is 2.47 bits per heavy atom. The Morgan fingerprint density at radius 1 is 1.27 bits per heavy atom. The summed E-state index contributed by atoms with van der Waals surface area (Å²) in [4.78, 5) is 11.2. The zero-order valence-electron chi connectivity index (χ0n) is 10.3. The van der Waals surface area contributed by atoms with Crippen LogP contribution in [0.2, 0.25) is 0 Å². The Labute approximate surface area is 93.4 Å².